The quantitative estimate of drug-likeness (QED) is 0.224. The molecular formula is C30H34N2O4. The van der Waals surface area contributed by atoms with Crippen LogP contribution in [0.2, 0.25) is 0 Å². The number of allylic oxidation sites excluding steroid dienone is 8. The maximum atomic E-state index is 13.0. The van der Waals surface area contributed by atoms with Gasteiger partial charge in [0.1, 0.15) is 0 Å². The zero-order valence-corrected chi connectivity index (χ0v) is 21.4. The fourth-order valence-electron chi connectivity index (χ4n) is 5.58. The Bertz CT molecular complexity index is 1120. The number of hydrogen-bond acceptors (Lipinski definition) is 6. The van der Waals surface area contributed by atoms with Crippen molar-refractivity contribution >= 4 is 11.9 Å². The van der Waals surface area contributed by atoms with Gasteiger partial charge in [0.25, 0.3) is 0 Å². The van der Waals surface area contributed by atoms with Gasteiger partial charge in [0.15, 0.2) is 0 Å². The average molecular weight is 487 g/mol. The van der Waals surface area contributed by atoms with Crippen LogP contribution in [0.25, 0.3) is 0 Å². The summed E-state index contributed by atoms with van der Waals surface area (Å²) in [4.78, 5) is 26.0. The Balaban J connectivity index is 1.51. The van der Waals surface area contributed by atoms with Crippen LogP contribution >= 0.6 is 0 Å². The number of carbonyl (C=O) groups excluding carboxylic acids is 2. The van der Waals surface area contributed by atoms with E-state index in [1.807, 2.05) is 13.8 Å². The minimum Gasteiger partial charge on any atom is -0.462 e. The molecule has 0 amide bonds. The summed E-state index contributed by atoms with van der Waals surface area (Å²) in [6.45, 7) is 4.80. The summed E-state index contributed by atoms with van der Waals surface area (Å²) >= 11 is 0. The second kappa shape index (κ2) is 11.6. The molecule has 4 rings (SSSR count). The van der Waals surface area contributed by atoms with Crippen LogP contribution in [0.15, 0.2) is 55.7 Å². The Hall–Kier alpha value is -3.38. The van der Waals surface area contributed by atoms with E-state index in [-0.39, 0.29) is 0 Å². The van der Waals surface area contributed by atoms with E-state index in [1.54, 1.807) is 0 Å². The molecule has 6 heteroatoms. The van der Waals surface area contributed by atoms with Gasteiger partial charge in [-0.2, -0.15) is 10.5 Å². The van der Waals surface area contributed by atoms with Gasteiger partial charge >= 0.3 is 11.9 Å². The van der Waals surface area contributed by atoms with Gasteiger partial charge in [-0.05, 0) is 38.5 Å². The lowest BCUT2D eigenvalue weighted by Gasteiger charge is -2.35. The smallest absolute Gasteiger partial charge is 0.334 e. The third-order valence-corrected chi connectivity index (χ3v) is 7.72. The van der Waals surface area contributed by atoms with Crippen molar-refractivity contribution in [2.24, 2.45) is 0 Å². The molecule has 0 N–H and O–H groups in total. The van der Waals surface area contributed by atoms with Crippen LogP contribution in [0, 0.1) is 22.7 Å². The number of esters is 2. The molecule has 0 fully saturated rings. The maximum Gasteiger partial charge on any atom is 0.334 e. The Kier molecular flexibility index (Phi) is 8.26. The Labute approximate surface area is 213 Å². The summed E-state index contributed by atoms with van der Waals surface area (Å²) < 4.78 is 11.0. The summed E-state index contributed by atoms with van der Waals surface area (Å²) in [5.41, 5.74) is 9.84. The van der Waals surface area contributed by atoms with E-state index in [0.717, 1.165) is 51.4 Å². The van der Waals surface area contributed by atoms with Crippen LogP contribution in [-0.4, -0.2) is 25.2 Å². The molecule has 4 aliphatic carbocycles. The number of carbonyl (C=O) groups is 2. The summed E-state index contributed by atoms with van der Waals surface area (Å²) in [6, 6.07) is 4.45. The standard InChI is InChI=1S/C30H34N2O4/c1-3-5-7-35-29(33)27-15-23-11-19-9-21-13-25(17-31)26(18-32)14-22(21)10-20(19)12-24(23)16-28(27)30(34)36-8-6-4-2/h3-16H2,1-2H3. The van der Waals surface area contributed by atoms with E-state index >= 15 is 0 Å². The number of nitriles is 2. The van der Waals surface area contributed by atoms with Gasteiger partial charge in [0.2, 0.25) is 0 Å². The zero-order valence-electron chi connectivity index (χ0n) is 21.4. The van der Waals surface area contributed by atoms with Crippen LogP contribution in [0.4, 0.5) is 0 Å². The van der Waals surface area contributed by atoms with Crippen molar-refractivity contribution in [1.29, 1.82) is 10.5 Å². The predicted molar refractivity (Wildman–Crippen MR) is 135 cm³/mol. The van der Waals surface area contributed by atoms with Gasteiger partial charge < -0.3 is 9.47 Å². The fraction of sp³-hybridized carbons (Fsp3) is 0.533. The van der Waals surface area contributed by atoms with Crippen LogP contribution in [0.5, 0.6) is 0 Å². The van der Waals surface area contributed by atoms with Crippen molar-refractivity contribution in [2.45, 2.75) is 90.9 Å². The SMILES string of the molecule is CCCCOC(=O)C1=C(C(=O)OCCCC)CC2=C(CC3=C(CC4=C(CC(C#N)=C(C#N)C4)C3)C2)C1. The highest BCUT2D eigenvalue weighted by Gasteiger charge is 2.35. The van der Waals surface area contributed by atoms with Crippen LogP contribution in [-0.2, 0) is 19.1 Å². The minimum atomic E-state index is -0.397. The van der Waals surface area contributed by atoms with E-state index in [9.17, 15) is 20.1 Å². The lowest BCUT2D eigenvalue weighted by molar-refractivity contribution is -0.142. The Morgan fingerprint density at radius 2 is 0.944 bits per heavy atom. The summed E-state index contributed by atoms with van der Waals surface area (Å²) in [5.74, 6) is -0.795. The molecule has 0 spiro atoms. The molecule has 0 saturated carbocycles. The number of hydrogen-bond donors (Lipinski definition) is 0. The first-order valence-corrected chi connectivity index (χ1v) is 13.2. The molecule has 0 aromatic carbocycles. The molecule has 0 saturated heterocycles. The largest absolute Gasteiger partial charge is 0.462 e. The van der Waals surface area contributed by atoms with Crippen molar-refractivity contribution in [2.75, 3.05) is 13.2 Å². The second-order valence-corrected chi connectivity index (χ2v) is 10.2. The third kappa shape index (κ3) is 5.39. The van der Waals surface area contributed by atoms with E-state index < -0.39 is 11.9 Å². The number of nitrogens with zero attached hydrogens (tertiary/aromatic N) is 2. The van der Waals surface area contributed by atoms with Crippen LogP contribution in [0.3, 0.4) is 0 Å². The Morgan fingerprint density at radius 3 is 1.28 bits per heavy atom. The molecule has 0 aromatic rings. The lowest BCUT2D eigenvalue weighted by Crippen LogP contribution is -2.24. The molecule has 0 aromatic heterocycles. The first kappa shape index (κ1) is 25.7. The first-order valence-electron chi connectivity index (χ1n) is 13.2. The summed E-state index contributed by atoms with van der Waals surface area (Å²) in [5, 5.41) is 19.0. The number of rotatable bonds is 8. The molecule has 0 bridgehead atoms. The number of ether oxygens (including phenoxy) is 2. The van der Waals surface area contributed by atoms with E-state index in [0.29, 0.717) is 61.2 Å². The lowest BCUT2D eigenvalue weighted by atomic mass is 9.69. The molecule has 0 radical (unpaired) electrons. The molecule has 188 valence electrons. The highest BCUT2D eigenvalue weighted by Crippen LogP contribution is 2.49. The normalized spacial score (nSPS) is 19.3. The van der Waals surface area contributed by atoms with Gasteiger partial charge in [0.05, 0.1) is 36.5 Å². The fourth-order valence-corrected chi connectivity index (χ4v) is 5.58. The minimum absolute atomic E-state index is 0.356. The van der Waals surface area contributed by atoms with Crippen LogP contribution in [0.1, 0.15) is 90.9 Å². The molecule has 36 heavy (non-hydrogen) atoms. The summed E-state index contributed by atoms with van der Waals surface area (Å²) in [7, 11) is 0. The van der Waals surface area contributed by atoms with Gasteiger partial charge in [-0.1, -0.05) is 60.1 Å². The molecule has 0 atom stereocenters. The highest BCUT2D eigenvalue weighted by molar-refractivity contribution is 6.01. The monoisotopic (exact) mass is 486 g/mol. The van der Waals surface area contributed by atoms with Crippen molar-refractivity contribution in [3.8, 4) is 12.1 Å². The predicted octanol–water partition coefficient (Wildman–Crippen LogP) is 6.38. The third-order valence-electron chi connectivity index (χ3n) is 7.72. The van der Waals surface area contributed by atoms with Crippen molar-refractivity contribution in [3.63, 3.8) is 0 Å². The average Bonchev–Trinajstić information content (AvgIpc) is 2.89. The van der Waals surface area contributed by atoms with Crippen molar-refractivity contribution < 1.29 is 19.1 Å². The van der Waals surface area contributed by atoms with E-state index in [1.165, 1.54) is 33.4 Å². The highest BCUT2D eigenvalue weighted by atomic mass is 16.5. The molecule has 0 unspecified atom stereocenters. The van der Waals surface area contributed by atoms with E-state index in [4.69, 9.17) is 9.47 Å². The molecule has 4 aliphatic rings. The van der Waals surface area contributed by atoms with Crippen molar-refractivity contribution in [3.05, 3.63) is 55.7 Å². The summed E-state index contributed by atoms with van der Waals surface area (Å²) in [6.07, 6.45) is 8.71. The Morgan fingerprint density at radius 1 is 0.611 bits per heavy atom. The van der Waals surface area contributed by atoms with Gasteiger partial charge in [-0.3, -0.25) is 0 Å². The van der Waals surface area contributed by atoms with Crippen molar-refractivity contribution in [1.82, 2.24) is 0 Å². The van der Waals surface area contributed by atoms with E-state index in [2.05, 4.69) is 12.1 Å². The maximum absolute atomic E-state index is 13.0. The second-order valence-electron chi connectivity index (χ2n) is 10.2. The zero-order chi connectivity index (χ0) is 25.7. The molecule has 6 nitrogen and oxygen atoms in total. The van der Waals surface area contributed by atoms with Gasteiger partial charge in [0, 0.05) is 36.8 Å². The molecule has 0 heterocycles. The van der Waals surface area contributed by atoms with Gasteiger partial charge in [-0.15, -0.1) is 0 Å². The number of unbranched alkanes of at least 4 members (excludes halogenated alkanes) is 2. The molecule has 0 aliphatic heterocycles. The van der Waals surface area contributed by atoms with Crippen LogP contribution < -0.4 is 0 Å². The topological polar surface area (TPSA) is 100 Å². The first-order chi connectivity index (χ1) is 17.5. The molecular weight excluding hydrogens is 452 g/mol. The van der Waals surface area contributed by atoms with Gasteiger partial charge in [-0.25, -0.2) is 9.59 Å².